The molecule has 0 unspecified atom stereocenters. The van der Waals surface area contributed by atoms with Gasteiger partial charge >= 0.3 is 6.09 Å². The highest BCUT2D eigenvalue weighted by Gasteiger charge is 2.28. The fraction of sp³-hybridized carbons (Fsp3) is 0.370. The van der Waals surface area contributed by atoms with E-state index in [1.807, 2.05) is 80.2 Å². The third-order valence-electron chi connectivity index (χ3n) is 5.82. The molecule has 1 fully saturated rings. The number of rotatable bonds is 6. The second kappa shape index (κ2) is 10.1. The summed E-state index contributed by atoms with van der Waals surface area (Å²) in [5.74, 6) is 0.551. The molecule has 0 aliphatic carbocycles. The van der Waals surface area contributed by atoms with Crippen LogP contribution in [0.4, 0.5) is 4.79 Å². The third-order valence-corrected chi connectivity index (χ3v) is 5.82. The van der Waals surface area contributed by atoms with Gasteiger partial charge in [-0.3, -0.25) is 9.48 Å². The number of hydrogen-bond acceptors (Lipinski definition) is 5. The Kier molecular flexibility index (Phi) is 7.01. The second-order valence-corrected chi connectivity index (χ2v) is 9.52. The Bertz CT molecular complexity index is 1130. The number of hydrogen-bond donors (Lipinski definition) is 0. The lowest BCUT2D eigenvalue weighted by Gasteiger charge is -2.33. The highest BCUT2D eigenvalue weighted by molar-refractivity contribution is 5.90. The van der Waals surface area contributed by atoms with Crippen molar-refractivity contribution in [2.24, 2.45) is 0 Å². The van der Waals surface area contributed by atoms with Crippen LogP contribution in [0.2, 0.25) is 0 Å². The predicted molar refractivity (Wildman–Crippen MR) is 130 cm³/mol. The summed E-state index contributed by atoms with van der Waals surface area (Å²) in [4.78, 5) is 26.1. The van der Waals surface area contributed by atoms with Crippen LogP contribution >= 0.6 is 0 Å². The summed E-state index contributed by atoms with van der Waals surface area (Å²) < 4.78 is 13.4. The standard InChI is InChI=1S/C27H31N3O4/c1-27(2,3)34-26(32)29-14-12-22(13-15-29)30-17-21(16-28-30)23-10-7-11-25(24(23)18-31)33-19-20-8-5-4-6-9-20/h4-11,16-18,22H,12-15,19H2,1-3H3. The Morgan fingerprint density at radius 3 is 2.50 bits per heavy atom. The van der Waals surface area contributed by atoms with Gasteiger partial charge in [-0.2, -0.15) is 5.10 Å². The second-order valence-electron chi connectivity index (χ2n) is 9.52. The van der Waals surface area contributed by atoms with Gasteiger partial charge in [-0.25, -0.2) is 4.79 Å². The van der Waals surface area contributed by atoms with E-state index >= 15 is 0 Å². The largest absolute Gasteiger partial charge is 0.488 e. The first-order valence-corrected chi connectivity index (χ1v) is 11.6. The molecule has 0 bridgehead atoms. The van der Waals surface area contributed by atoms with Gasteiger partial charge in [0.25, 0.3) is 0 Å². The van der Waals surface area contributed by atoms with E-state index in [4.69, 9.17) is 9.47 Å². The summed E-state index contributed by atoms with van der Waals surface area (Å²) >= 11 is 0. The van der Waals surface area contributed by atoms with Gasteiger partial charge in [0.2, 0.25) is 0 Å². The molecule has 1 amide bonds. The van der Waals surface area contributed by atoms with E-state index in [0.29, 0.717) is 31.0 Å². The molecule has 1 saturated heterocycles. The minimum Gasteiger partial charge on any atom is -0.488 e. The van der Waals surface area contributed by atoms with E-state index < -0.39 is 5.60 Å². The number of benzene rings is 2. The highest BCUT2D eigenvalue weighted by atomic mass is 16.6. The zero-order valence-corrected chi connectivity index (χ0v) is 19.9. The van der Waals surface area contributed by atoms with Gasteiger partial charge in [-0.05, 0) is 50.8 Å². The first-order chi connectivity index (χ1) is 16.3. The molecule has 1 aliphatic heterocycles. The normalized spacial score (nSPS) is 14.6. The Morgan fingerprint density at radius 1 is 1.09 bits per heavy atom. The van der Waals surface area contributed by atoms with Crippen LogP contribution in [0.3, 0.4) is 0 Å². The van der Waals surface area contributed by atoms with E-state index in [2.05, 4.69) is 5.10 Å². The smallest absolute Gasteiger partial charge is 0.410 e. The number of carbonyl (C=O) groups is 2. The molecule has 0 atom stereocenters. The van der Waals surface area contributed by atoms with Crippen molar-refractivity contribution in [3.8, 4) is 16.9 Å². The van der Waals surface area contributed by atoms with Crippen LogP contribution in [-0.4, -0.2) is 45.8 Å². The van der Waals surface area contributed by atoms with E-state index in [1.54, 1.807) is 11.1 Å². The number of carbonyl (C=O) groups excluding carboxylic acids is 2. The van der Waals surface area contributed by atoms with Crippen LogP contribution in [0.5, 0.6) is 5.75 Å². The summed E-state index contributed by atoms with van der Waals surface area (Å²) in [5.41, 5.74) is 2.70. The molecule has 1 aromatic heterocycles. The fourth-order valence-corrected chi connectivity index (χ4v) is 4.09. The minimum atomic E-state index is -0.500. The van der Waals surface area contributed by atoms with Gasteiger partial charge in [0.1, 0.15) is 18.0 Å². The first-order valence-electron chi connectivity index (χ1n) is 11.6. The topological polar surface area (TPSA) is 73.7 Å². The molecule has 4 rings (SSSR count). The molecule has 34 heavy (non-hydrogen) atoms. The highest BCUT2D eigenvalue weighted by Crippen LogP contribution is 2.31. The Hall–Kier alpha value is -3.61. The van der Waals surface area contributed by atoms with Crippen molar-refractivity contribution < 1.29 is 19.1 Å². The number of likely N-dealkylation sites (tertiary alicyclic amines) is 1. The lowest BCUT2D eigenvalue weighted by molar-refractivity contribution is 0.0184. The molecule has 0 spiro atoms. The SMILES string of the molecule is CC(C)(C)OC(=O)N1CCC(n2cc(-c3cccc(OCc4ccccc4)c3C=O)cn2)CC1. The van der Waals surface area contributed by atoms with Crippen molar-refractivity contribution in [2.75, 3.05) is 13.1 Å². The van der Waals surface area contributed by atoms with Crippen LogP contribution in [0, 0.1) is 0 Å². The maximum atomic E-state index is 12.3. The van der Waals surface area contributed by atoms with Crippen molar-refractivity contribution in [2.45, 2.75) is 51.9 Å². The number of amides is 1. The minimum absolute atomic E-state index is 0.185. The van der Waals surface area contributed by atoms with Gasteiger partial charge < -0.3 is 14.4 Å². The number of piperidine rings is 1. The van der Waals surface area contributed by atoms with Gasteiger partial charge in [-0.15, -0.1) is 0 Å². The van der Waals surface area contributed by atoms with Crippen molar-refractivity contribution in [1.82, 2.24) is 14.7 Å². The fourth-order valence-electron chi connectivity index (χ4n) is 4.09. The molecule has 2 heterocycles. The zero-order chi connectivity index (χ0) is 24.1. The monoisotopic (exact) mass is 461 g/mol. The molecule has 0 saturated carbocycles. The van der Waals surface area contributed by atoms with E-state index in [1.165, 1.54) is 0 Å². The molecule has 7 heteroatoms. The molecule has 1 aliphatic rings. The van der Waals surface area contributed by atoms with Gasteiger partial charge in [-0.1, -0.05) is 42.5 Å². The van der Waals surface area contributed by atoms with E-state index in [0.717, 1.165) is 35.8 Å². The summed E-state index contributed by atoms with van der Waals surface area (Å²) in [5, 5.41) is 4.57. The average molecular weight is 462 g/mol. The summed E-state index contributed by atoms with van der Waals surface area (Å²) in [7, 11) is 0. The number of aromatic nitrogens is 2. The molecule has 0 N–H and O–H groups in total. The summed E-state index contributed by atoms with van der Waals surface area (Å²) in [6, 6.07) is 15.7. The molecule has 7 nitrogen and oxygen atoms in total. The maximum absolute atomic E-state index is 12.3. The van der Waals surface area contributed by atoms with Gasteiger partial charge in [0.15, 0.2) is 6.29 Å². The summed E-state index contributed by atoms with van der Waals surface area (Å²) in [6.45, 7) is 7.25. The Balaban J connectivity index is 1.44. The predicted octanol–water partition coefficient (Wildman–Crippen LogP) is 5.51. The number of aldehydes is 1. The molecular weight excluding hydrogens is 430 g/mol. The summed E-state index contributed by atoms with van der Waals surface area (Å²) in [6.07, 6.45) is 5.91. The maximum Gasteiger partial charge on any atom is 0.410 e. The van der Waals surface area contributed by atoms with Gasteiger partial charge in [0, 0.05) is 24.8 Å². The van der Waals surface area contributed by atoms with E-state index in [-0.39, 0.29) is 12.1 Å². The Morgan fingerprint density at radius 2 is 1.82 bits per heavy atom. The average Bonchev–Trinajstić information content (AvgIpc) is 3.32. The molecular formula is C27H31N3O4. The number of ether oxygens (including phenoxy) is 2. The van der Waals surface area contributed by atoms with Crippen LogP contribution in [0.25, 0.3) is 11.1 Å². The van der Waals surface area contributed by atoms with Crippen molar-refractivity contribution in [1.29, 1.82) is 0 Å². The van der Waals surface area contributed by atoms with Crippen LogP contribution in [0.1, 0.15) is 55.6 Å². The van der Waals surface area contributed by atoms with Crippen LogP contribution in [-0.2, 0) is 11.3 Å². The first kappa shape index (κ1) is 23.5. The quantitative estimate of drug-likeness (QED) is 0.452. The van der Waals surface area contributed by atoms with Crippen molar-refractivity contribution >= 4 is 12.4 Å². The molecule has 178 valence electrons. The number of nitrogens with zero attached hydrogens (tertiary/aromatic N) is 3. The molecule has 0 radical (unpaired) electrons. The van der Waals surface area contributed by atoms with Crippen molar-refractivity contribution in [3.63, 3.8) is 0 Å². The lowest BCUT2D eigenvalue weighted by atomic mass is 10.0. The third kappa shape index (κ3) is 5.65. The lowest BCUT2D eigenvalue weighted by Crippen LogP contribution is -2.42. The van der Waals surface area contributed by atoms with Crippen molar-refractivity contribution in [3.05, 3.63) is 72.1 Å². The van der Waals surface area contributed by atoms with E-state index in [9.17, 15) is 9.59 Å². The Labute approximate surface area is 200 Å². The molecule has 2 aromatic carbocycles. The van der Waals surface area contributed by atoms with Crippen LogP contribution < -0.4 is 4.74 Å². The van der Waals surface area contributed by atoms with Crippen LogP contribution in [0.15, 0.2) is 60.9 Å². The molecule has 3 aromatic rings. The zero-order valence-electron chi connectivity index (χ0n) is 19.9. The van der Waals surface area contributed by atoms with Gasteiger partial charge in [0.05, 0.1) is 17.8 Å².